The first-order valence-corrected chi connectivity index (χ1v) is 4.44. The maximum absolute atomic E-state index is 10.7. The third-order valence-corrected chi connectivity index (χ3v) is 1.85. The van der Waals surface area contributed by atoms with Crippen LogP contribution in [0.15, 0.2) is 12.2 Å². The van der Waals surface area contributed by atoms with E-state index in [-0.39, 0.29) is 5.97 Å². The zero-order valence-corrected chi connectivity index (χ0v) is 8.17. The van der Waals surface area contributed by atoms with Crippen molar-refractivity contribution < 1.29 is 9.53 Å². The minimum atomic E-state index is -0.135. The van der Waals surface area contributed by atoms with Gasteiger partial charge in [0.25, 0.3) is 0 Å². The smallest absolute Gasteiger partial charge is 0.305 e. The molecule has 0 saturated heterocycles. The lowest BCUT2D eigenvalue weighted by Crippen LogP contribution is -1.98. The van der Waals surface area contributed by atoms with Gasteiger partial charge in [0.15, 0.2) is 0 Å². The van der Waals surface area contributed by atoms with Gasteiger partial charge < -0.3 is 4.74 Å². The molecule has 0 aromatic heterocycles. The highest BCUT2D eigenvalue weighted by molar-refractivity contribution is 5.69. The summed E-state index contributed by atoms with van der Waals surface area (Å²) in [7, 11) is 1.42. The number of allylic oxidation sites excluding steroid dienone is 2. The minimum absolute atomic E-state index is 0.135. The van der Waals surface area contributed by atoms with E-state index in [1.807, 2.05) is 6.08 Å². The standard InChI is InChI=1S/C10H18O2/c1-4-9(2)7-5-6-8-10(11)12-3/h5,7,9H,4,6,8H2,1-3H3/b7-5+/t9-/m1/s1. The fraction of sp³-hybridized carbons (Fsp3) is 0.700. The number of methoxy groups -OCH3 is 1. The Labute approximate surface area is 74.6 Å². The van der Waals surface area contributed by atoms with Crippen LogP contribution in [0, 0.1) is 5.92 Å². The first kappa shape index (κ1) is 11.2. The van der Waals surface area contributed by atoms with Gasteiger partial charge >= 0.3 is 5.97 Å². The number of esters is 1. The van der Waals surface area contributed by atoms with Gasteiger partial charge in [-0.25, -0.2) is 0 Å². The van der Waals surface area contributed by atoms with Gasteiger partial charge in [0.1, 0.15) is 0 Å². The van der Waals surface area contributed by atoms with Crippen LogP contribution in [-0.4, -0.2) is 13.1 Å². The molecule has 0 spiro atoms. The van der Waals surface area contributed by atoms with Gasteiger partial charge in [-0.3, -0.25) is 4.79 Å². The molecule has 0 aliphatic rings. The largest absolute Gasteiger partial charge is 0.469 e. The molecule has 0 heterocycles. The number of carbonyl (C=O) groups is 1. The van der Waals surface area contributed by atoms with Crippen LogP contribution >= 0.6 is 0 Å². The lowest BCUT2D eigenvalue weighted by molar-refractivity contribution is -0.140. The van der Waals surface area contributed by atoms with E-state index in [0.29, 0.717) is 12.3 Å². The van der Waals surface area contributed by atoms with Crippen LogP contribution in [0.3, 0.4) is 0 Å². The fourth-order valence-electron chi connectivity index (χ4n) is 0.768. The summed E-state index contributed by atoms with van der Waals surface area (Å²) in [6.45, 7) is 4.31. The van der Waals surface area contributed by atoms with E-state index in [2.05, 4.69) is 24.7 Å². The van der Waals surface area contributed by atoms with Gasteiger partial charge in [-0.15, -0.1) is 0 Å². The normalized spacial score (nSPS) is 13.2. The van der Waals surface area contributed by atoms with Crippen molar-refractivity contribution in [2.45, 2.75) is 33.1 Å². The Morgan fingerprint density at radius 2 is 2.25 bits per heavy atom. The van der Waals surface area contributed by atoms with Crippen molar-refractivity contribution in [3.8, 4) is 0 Å². The Morgan fingerprint density at radius 1 is 1.58 bits per heavy atom. The average Bonchev–Trinajstić information content (AvgIpc) is 2.11. The van der Waals surface area contributed by atoms with E-state index in [9.17, 15) is 4.79 Å². The van der Waals surface area contributed by atoms with E-state index in [0.717, 1.165) is 12.8 Å². The van der Waals surface area contributed by atoms with Gasteiger partial charge in [0, 0.05) is 6.42 Å². The third kappa shape index (κ3) is 5.96. The first-order chi connectivity index (χ1) is 5.70. The molecule has 0 N–H and O–H groups in total. The summed E-state index contributed by atoms with van der Waals surface area (Å²) in [5, 5.41) is 0. The Kier molecular flexibility index (Phi) is 6.44. The lowest BCUT2D eigenvalue weighted by atomic mass is 10.1. The maximum atomic E-state index is 10.7. The highest BCUT2D eigenvalue weighted by atomic mass is 16.5. The predicted molar refractivity (Wildman–Crippen MR) is 49.8 cm³/mol. The van der Waals surface area contributed by atoms with Crippen LogP contribution < -0.4 is 0 Å². The van der Waals surface area contributed by atoms with Crippen molar-refractivity contribution in [1.82, 2.24) is 0 Å². The number of rotatable bonds is 5. The predicted octanol–water partition coefficient (Wildman–Crippen LogP) is 2.54. The number of hydrogen-bond donors (Lipinski definition) is 0. The Balaban J connectivity index is 3.42. The van der Waals surface area contributed by atoms with E-state index < -0.39 is 0 Å². The van der Waals surface area contributed by atoms with Gasteiger partial charge in [0.05, 0.1) is 7.11 Å². The molecule has 0 saturated carbocycles. The monoisotopic (exact) mass is 170 g/mol. The molecule has 0 aliphatic carbocycles. The summed E-state index contributed by atoms with van der Waals surface area (Å²) in [6.07, 6.45) is 6.61. The van der Waals surface area contributed by atoms with Gasteiger partial charge in [-0.05, 0) is 12.3 Å². The van der Waals surface area contributed by atoms with Crippen molar-refractivity contribution in [2.24, 2.45) is 5.92 Å². The molecule has 2 heteroatoms. The van der Waals surface area contributed by atoms with Crippen LogP contribution in [0.2, 0.25) is 0 Å². The van der Waals surface area contributed by atoms with Crippen molar-refractivity contribution in [3.05, 3.63) is 12.2 Å². The molecule has 0 rings (SSSR count). The Hall–Kier alpha value is -0.790. The number of ether oxygens (including phenoxy) is 1. The molecule has 0 fully saturated rings. The zero-order chi connectivity index (χ0) is 9.40. The van der Waals surface area contributed by atoms with Crippen LogP contribution in [-0.2, 0) is 9.53 Å². The molecule has 0 aliphatic heterocycles. The van der Waals surface area contributed by atoms with Crippen LogP contribution in [0.25, 0.3) is 0 Å². The Bertz CT molecular complexity index is 150. The highest BCUT2D eigenvalue weighted by Gasteiger charge is 1.96. The van der Waals surface area contributed by atoms with Gasteiger partial charge in [-0.2, -0.15) is 0 Å². The molecular formula is C10H18O2. The molecule has 0 amide bonds. The topological polar surface area (TPSA) is 26.3 Å². The zero-order valence-electron chi connectivity index (χ0n) is 8.17. The van der Waals surface area contributed by atoms with Crippen LogP contribution in [0.1, 0.15) is 33.1 Å². The Morgan fingerprint density at radius 3 is 2.75 bits per heavy atom. The van der Waals surface area contributed by atoms with E-state index in [4.69, 9.17) is 0 Å². The highest BCUT2D eigenvalue weighted by Crippen LogP contribution is 2.03. The van der Waals surface area contributed by atoms with Crippen molar-refractivity contribution in [1.29, 1.82) is 0 Å². The van der Waals surface area contributed by atoms with Crippen molar-refractivity contribution >= 4 is 5.97 Å². The summed E-state index contributed by atoms with van der Waals surface area (Å²) >= 11 is 0. The van der Waals surface area contributed by atoms with E-state index in [1.54, 1.807) is 0 Å². The molecule has 1 atom stereocenters. The molecule has 0 radical (unpaired) electrons. The first-order valence-electron chi connectivity index (χ1n) is 4.44. The number of carbonyl (C=O) groups excluding carboxylic acids is 1. The molecule has 12 heavy (non-hydrogen) atoms. The van der Waals surface area contributed by atoms with Gasteiger partial charge in [-0.1, -0.05) is 32.4 Å². The summed E-state index contributed by atoms with van der Waals surface area (Å²) in [5.74, 6) is 0.478. The third-order valence-electron chi connectivity index (χ3n) is 1.85. The molecular weight excluding hydrogens is 152 g/mol. The summed E-state index contributed by atoms with van der Waals surface area (Å²) in [6, 6.07) is 0. The lowest BCUT2D eigenvalue weighted by Gasteiger charge is -1.99. The molecule has 0 unspecified atom stereocenters. The molecule has 0 bridgehead atoms. The number of hydrogen-bond acceptors (Lipinski definition) is 2. The second kappa shape index (κ2) is 6.89. The van der Waals surface area contributed by atoms with Crippen LogP contribution in [0.4, 0.5) is 0 Å². The van der Waals surface area contributed by atoms with E-state index >= 15 is 0 Å². The van der Waals surface area contributed by atoms with E-state index in [1.165, 1.54) is 7.11 Å². The quantitative estimate of drug-likeness (QED) is 0.468. The van der Waals surface area contributed by atoms with Crippen molar-refractivity contribution in [2.75, 3.05) is 7.11 Å². The van der Waals surface area contributed by atoms with Crippen molar-refractivity contribution in [3.63, 3.8) is 0 Å². The summed E-state index contributed by atoms with van der Waals surface area (Å²) < 4.78 is 4.51. The second-order valence-corrected chi connectivity index (χ2v) is 2.93. The summed E-state index contributed by atoms with van der Waals surface area (Å²) in [5.41, 5.74) is 0. The molecule has 0 aromatic rings. The minimum Gasteiger partial charge on any atom is -0.469 e. The molecule has 0 aromatic carbocycles. The fourth-order valence-corrected chi connectivity index (χ4v) is 0.768. The van der Waals surface area contributed by atoms with Gasteiger partial charge in [0.2, 0.25) is 0 Å². The molecule has 2 nitrogen and oxygen atoms in total. The SMILES string of the molecule is CC[C@@H](C)/C=C/CCC(=O)OC. The maximum Gasteiger partial charge on any atom is 0.305 e. The average molecular weight is 170 g/mol. The molecule has 70 valence electrons. The van der Waals surface area contributed by atoms with Crippen LogP contribution in [0.5, 0.6) is 0 Å². The second-order valence-electron chi connectivity index (χ2n) is 2.93. The summed E-state index contributed by atoms with van der Waals surface area (Å²) in [4.78, 5) is 10.7.